The van der Waals surface area contributed by atoms with Crippen LogP contribution in [0.3, 0.4) is 0 Å². The number of halogens is 1. The summed E-state index contributed by atoms with van der Waals surface area (Å²) in [5.41, 5.74) is 1.39. The van der Waals surface area contributed by atoms with E-state index >= 15 is 0 Å². The maximum Gasteiger partial charge on any atom is 0.251 e. The molecule has 0 bridgehead atoms. The number of anilines is 1. The average Bonchev–Trinajstić information content (AvgIpc) is 2.77. The molecule has 166 valence electrons. The van der Waals surface area contributed by atoms with E-state index in [1.165, 1.54) is 12.8 Å². The molecule has 1 aromatic heterocycles. The second-order valence-corrected chi connectivity index (χ2v) is 9.05. The number of hydrogen-bond acceptors (Lipinski definition) is 4. The molecule has 1 atom stereocenters. The highest BCUT2D eigenvalue weighted by molar-refractivity contribution is 6.30. The van der Waals surface area contributed by atoms with Gasteiger partial charge in [-0.3, -0.25) is 9.59 Å². The van der Waals surface area contributed by atoms with Crippen molar-refractivity contribution in [1.82, 2.24) is 15.6 Å². The molecule has 2 N–H and O–H groups in total. The number of carbonyl (C=O) groups excluding carboxylic acids is 2. The Balaban J connectivity index is 1.54. The van der Waals surface area contributed by atoms with Crippen LogP contribution >= 0.6 is 11.6 Å². The third-order valence-electron chi connectivity index (χ3n) is 5.73. The molecule has 1 aliphatic rings. The fourth-order valence-electron chi connectivity index (χ4n) is 3.61. The summed E-state index contributed by atoms with van der Waals surface area (Å²) in [5, 5.41) is 6.31. The van der Waals surface area contributed by atoms with E-state index in [1.54, 1.807) is 24.3 Å². The first kappa shape index (κ1) is 23.1. The molecule has 1 aliphatic heterocycles. The zero-order chi connectivity index (χ0) is 22.4. The number of amides is 2. The third kappa shape index (κ3) is 6.44. The lowest BCUT2D eigenvalue weighted by Gasteiger charge is -2.31. The van der Waals surface area contributed by atoms with Crippen molar-refractivity contribution in [2.24, 2.45) is 11.8 Å². The van der Waals surface area contributed by atoms with Gasteiger partial charge in [-0.2, -0.15) is 0 Å². The lowest BCUT2D eigenvalue weighted by Crippen LogP contribution is -2.49. The number of aromatic nitrogens is 1. The Hall–Kier alpha value is -2.60. The monoisotopic (exact) mass is 442 g/mol. The SMILES string of the molecule is CC1CCN(c2ccc(CNC(=O)C(NC(=O)c3ccc(Cl)cc3)C(C)C)cn2)CC1. The highest BCUT2D eigenvalue weighted by Crippen LogP contribution is 2.21. The lowest BCUT2D eigenvalue weighted by molar-refractivity contribution is -0.124. The van der Waals surface area contributed by atoms with Gasteiger partial charge in [-0.25, -0.2) is 4.98 Å². The molecule has 2 heterocycles. The Kier molecular flexibility index (Phi) is 7.91. The van der Waals surface area contributed by atoms with E-state index in [2.05, 4.69) is 27.4 Å². The van der Waals surface area contributed by atoms with E-state index in [0.29, 0.717) is 17.1 Å². The quantitative estimate of drug-likeness (QED) is 0.678. The first-order valence-electron chi connectivity index (χ1n) is 10.9. The maximum absolute atomic E-state index is 12.7. The molecule has 0 aliphatic carbocycles. The zero-order valence-corrected chi connectivity index (χ0v) is 19.2. The molecule has 1 aromatic carbocycles. The van der Waals surface area contributed by atoms with Gasteiger partial charge in [0, 0.05) is 36.4 Å². The molecule has 3 rings (SSSR count). The van der Waals surface area contributed by atoms with Gasteiger partial charge < -0.3 is 15.5 Å². The van der Waals surface area contributed by atoms with Crippen molar-refractivity contribution in [3.05, 3.63) is 58.7 Å². The zero-order valence-electron chi connectivity index (χ0n) is 18.4. The van der Waals surface area contributed by atoms with Gasteiger partial charge in [-0.1, -0.05) is 38.4 Å². The Bertz CT molecular complexity index is 875. The minimum absolute atomic E-state index is 0.0572. The molecule has 1 fully saturated rings. The smallest absolute Gasteiger partial charge is 0.251 e. The first-order chi connectivity index (χ1) is 14.8. The maximum atomic E-state index is 12.7. The van der Waals surface area contributed by atoms with Gasteiger partial charge in [0.1, 0.15) is 11.9 Å². The predicted octanol–water partition coefficient (Wildman–Crippen LogP) is 4.04. The van der Waals surface area contributed by atoms with E-state index in [9.17, 15) is 9.59 Å². The summed E-state index contributed by atoms with van der Waals surface area (Å²) in [6.45, 7) is 8.54. The summed E-state index contributed by atoms with van der Waals surface area (Å²) in [6, 6.07) is 9.97. The summed E-state index contributed by atoms with van der Waals surface area (Å²) in [4.78, 5) is 32.1. The minimum Gasteiger partial charge on any atom is -0.357 e. The molecule has 2 aromatic rings. The topological polar surface area (TPSA) is 74.3 Å². The molecule has 0 saturated carbocycles. The molecular formula is C24H31ClN4O2. The van der Waals surface area contributed by atoms with E-state index in [4.69, 9.17) is 11.6 Å². The van der Waals surface area contributed by atoms with Crippen LogP contribution in [0.1, 0.15) is 49.5 Å². The molecule has 6 nitrogen and oxygen atoms in total. The number of hydrogen-bond donors (Lipinski definition) is 2. The normalized spacial score (nSPS) is 15.6. The van der Waals surface area contributed by atoms with Crippen LogP contribution < -0.4 is 15.5 Å². The largest absolute Gasteiger partial charge is 0.357 e. The van der Waals surface area contributed by atoms with Gasteiger partial charge >= 0.3 is 0 Å². The fraction of sp³-hybridized carbons (Fsp3) is 0.458. The van der Waals surface area contributed by atoms with Crippen LogP contribution in [0.5, 0.6) is 0 Å². The molecule has 1 saturated heterocycles. The highest BCUT2D eigenvalue weighted by atomic mass is 35.5. The van der Waals surface area contributed by atoms with Gasteiger partial charge in [0.05, 0.1) is 0 Å². The third-order valence-corrected chi connectivity index (χ3v) is 5.98. The van der Waals surface area contributed by atoms with Crippen LogP contribution in [0.2, 0.25) is 5.02 Å². The number of rotatable bonds is 7. The molecule has 2 amide bonds. The van der Waals surface area contributed by atoms with Crippen molar-refractivity contribution >= 4 is 29.2 Å². The van der Waals surface area contributed by atoms with Gasteiger partial charge in [-0.15, -0.1) is 0 Å². The Morgan fingerprint density at radius 3 is 2.39 bits per heavy atom. The second kappa shape index (κ2) is 10.6. The Morgan fingerprint density at radius 1 is 1.13 bits per heavy atom. The summed E-state index contributed by atoms with van der Waals surface area (Å²) in [6.07, 6.45) is 4.19. The predicted molar refractivity (Wildman–Crippen MR) is 124 cm³/mol. The summed E-state index contributed by atoms with van der Waals surface area (Å²) in [7, 11) is 0. The van der Waals surface area contributed by atoms with Gasteiger partial charge in [0.15, 0.2) is 0 Å². The first-order valence-corrected chi connectivity index (χ1v) is 11.3. The number of nitrogens with one attached hydrogen (secondary N) is 2. The average molecular weight is 443 g/mol. The molecule has 0 spiro atoms. The number of carbonyl (C=O) groups is 2. The molecule has 31 heavy (non-hydrogen) atoms. The van der Waals surface area contributed by atoms with Crippen molar-refractivity contribution in [2.45, 2.75) is 46.2 Å². The van der Waals surface area contributed by atoms with Crippen molar-refractivity contribution in [3.8, 4) is 0 Å². The van der Waals surface area contributed by atoms with Gasteiger partial charge in [-0.05, 0) is 60.6 Å². The minimum atomic E-state index is -0.634. The summed E-state index contributed by atoms with van der Waals surface area (Å²) < 4.78 is 0. The number of benzene rings is 1. The molecule has 1 unspecified atom stereocenters. The number of nitrogens with zero attached hydrogens (tertiary/aromatic N) is 2. The van der Waals surface area contributed by atoms with Crippen LogP contribution in [-0.4, -0.2) is 35.9 Å². The van der Waals surface area contributed by atoms with Crippen molar-refractivity contribution in [2.75, 3.05) is 18.0 Å². The van der Waals surface area contributed by atoms with Crippen molar-refractivity contribution in [1.29, 1.82) is 0 Å². The van der Waals surface area contributed by atoms with E-state index in [0.717, 1.165) is 30.4 Å². The van der Waals surface area contributed by atoms with Crippen LogP contribution in [-0.2, 0) is 11.3 Å². The molecule has 0 radical (unpaired) electrons. The fourth-order valence-corrected chi connectivity index (χ4v) is 3.73. The number of pyridine rings is 1. The van der Waals surface area contributed by atoms with E-state index in [-0.39, 0.29) is 17.7 Å². The van der Waals surface area contributed by atoms with Gasteiger partial charge in [0.2, 0.25) is 5.91 Å². The van der Waals surface area contributed by atoms with E-state index < -0.39 is 6.04 Å². The lowest BCUT2D eigenvalue weighted by atomic mass is 9.99. The molecular weight excluding hydrogens is 412 g/mol. The van der Waals surface area contributed by atoms with Crippen LogP contribution in [0.25, 0.3) is 0 Å². The number of piperidine rings is 1. The Morgan fingerprint density at radius 2 is 1.81 bits per heavy atom. The van der Waals surface area contributed by atoms with Gasteiger partial charge in [0.25, 0.3) is 5.91 Å². The summed E-state index contributed by atoms with van der Waals surface area (Å²) in [5.74, 6) is 1.19. The van der Waals surface area contributed by atoms with Crippen molar-refractivity contribution in [3.63, 3.8) is 0 Å². The second-order valence-electron chi connectivity index (χ2n) is 8.61. The highest BCUT2D eigenvalue weighted by Gasteiger charge is 2.24. The van der Waals surface area contributed by atoms with Crippen LogP contribution in [0.15, 0.2) is 42.6 Å². The summed E-state index contributed by atoms with van der Waals surface area (Å²) >= 11 is 5.88. The van der Waals surface area contributed by atoms with Crippen LogP contribution in [0, 0.1) is 11.8 Å². The van der Waals surface area contributed by atoms with E-state index in [1.807, 2.05) is 32.2 Å². The van der Waals surface area contributed by atoms with Crippen molar-refractivity contribution < 1.29 is 9.59 Å². The molecule has 7 heteroatoms. The Labute approximate surface area is 189 Å². The van der Waals surface area contributed by atoms with Crippen LogP contribution in [0.4, 0.5) is 5.82 Å². The standard InChI is InChI=1S/C24H31ClN4O2/c1-16(2)22(28-23(30)19-5-7-20(25)8-6-19)24(31)27-15-18-4-9-21(26-14-18)29-12-10-17(3)11-13-29/h4-9,14,16-17,22H,10-13,15H2,1-3H3,(H,27,31)(H,28,30).